The van der Waals surface area contributed by atoms with Crippen LogP contribution in [0.25, 0.3) is 21.8 Å². The van der Waals surface area contributed by atoms with E-state index in [0.29, 0.717) is 35.0 Å². The molecule has 4 aromatic carbocycles. The first kappa shape index (κ1) is 50.0. The van der Waals surface area contributed by atoms with Crippen LogP contribution in [-0.4, -0.2) is 125 Å². The Morgan fingerprint density at radius 3 is 2.30 bits per heavy atom. The molecule has 73 heavy (non-hydrogen) atoms. The largest absolute Gasteiger partial charge is 0.375 e. The molecule has 6 heterocycles. The van der Waals surface area contributed by atoms with Crippen molar-refractivity contribution in [1.82, 2.24) is 34.5 Å². The molecule has 0 radical (unpaired) electrons. The van der Waals surface area contributed by atoms with E-state index in [1.807, 2.05) is 50.2 Å². The molecule has 5 saturated heterocycles. The van der Waals surface area contributed by atoms with Gasteiger partial charge in [-0.2, -0.15) is 0 Å². The van der Waals surface area contributed by atoms with Crippen LogP contribution in [-0.2, 0) is 21.4 Å². The SMILES string of the molecule is Cc1ccc(N[C@H]2CNCC2(F)F)cc1C(=O)N[C@H](C)c1ccc(C#CC2CCN(CC3CCN(C(=O)C4CCN(c5ccc6c(c5)n(C)c(=O)n6C5CCC(=O)N(C)C5=O)CC4)CC3)CC2)c2ccccc12. The first-order chi connectivity index (χ1) is 35.1. The number of anilines is 2. The number of piperidine rings is 4. The maximum absolute atomic E-state index is 14.3. The van der Waals surface area contributed by atoms with Crippen molar-refractivity contribution in [2.45, 2.75) is 89.3 Å². The normalized spacial score (nSPS) is 21.9. The van der Waals surface area contributed by atoms with E-state index in [2.05, 4.69) is 60.7 Å². The quantitative estimate of drug-likeness (QED) is 0.101. The Balaban J connectivity index is 0.678. The number of amides is 4. The number of carbonyl (C=O) groups excluding carboxylic acids is 4. The number of aromatic nitrogens is 2. The highest BCUT2D eigenvalue weighted by atomic mass is 19.3. The maximum atomic E-state index is 14.3. The summed E-state index contributed by atoms with van der Waals surface area (Å²) in [5, 5.41) is 10.9. The van der Waals surface area contributed by atoms with Crippen LogP contribution in [0.3, 0.4) is 0 Å². The average Bonchev–Trinajstić information content (AvgIpc) is 3.86. The molecular formula is C57H67F2N9O5. The van der Waals surface area contributed by atoms with Gasteiger partial charge < -0.3 is 30.7 Å². The van der Waals surface area contributed by atoms with Gasteiger partial charge in [0.1, 0.15) is 12.1 Å². The minimum absolute atomic E-state index is 0.00256. The third kappa shape index (κ3) is 10.2. The third-order valence-corrected chi connectivity index (χ3v) is 16.5. The topological polar surface area (TPSA) is 144 Å². The van der Waals surface area contributed by atoms with Gasteiger partial charge in [0.25, 0.3) is 17.7 Å². The molecule has 384 valence electrons. The second-order valence-corrected chi connectivity index (χ2v) is 21.2. The van der Waals surface area contributed by atoms with Crippen LogP contribution in [0.2, 0.25) is 0 Å². The number of imidazole rings is 1. The lowest BCUT2D eigenvalue weighted by Crippen LogP contribution is -2.47. The van der Waals surface area contributed by atoms with Crippen molar-refractivity contribution >= 4 is 56.8 Å². The minimum atomic E-state index is -2.88. The van der Waals surface area contributed by atoms with Gasteiger partial charge in [-0.3, -0.25) is 33.2 Å². The Kier molecular flexibility index (Phi) is 14.2. The first-order valence-electron chi connectivity index (χ1n) is 26.2. The lowest BCUT2D eigenvalue weighted by Gasteiger charge is -2.39. The lowest BCUT2D eigenvalue weighted by atomic mass is 9.90. The standard InChI is InChI=1S/C57H67F2N9O5/c1-36-9-13-42(62-51-33-60-35-57(51,58)59)31-47(36)53(70)61-37(2)44-15-12-40(45-7-5-6-8-46(44)45)11-10-38-19-25-65(26-20-38)34-39-21-27-67(28-22-39)54(71)41-23-29-66(30-24-41)43-14-16-48-50(32-43)63(3)56(73)68(48)49-17-18-52(69)64(4)55(49)72/h5-9,12-16,31-32,37-39,41,49,51,60,62H,17-30,33-35H2,1-4H3,(H,61,70)/t37-,49?,51+/m1/s1. The minimum Gasteiger partial charge on any atom is -0.375 e. The molecule has 5 aliphatic rings. The summed E-state index contributed by atoms with van der Waals surface area (Å²) in [5.41, 5.74) is 5.75. The van der Waals surface area contributed by atoms with Crippen LogP contribution < -0.4 is 26.5 Å². The number of hydrogen-bond donors (Lipinski definition) is 3. The molecule has 0 bridgehead atoms. The van der Waals surface area contributed by atoms with Gasteiger partial charge in [0.05, 0.1) is 23.6 Å². The first-order valence-corrected chi connectivity index (χ1v) is 26.2. The zero-order valence-corrected chi connectivity index (χ0v) is 42.4. The van der Waals surface area contributed by atoms with E-state index in [4.69, 9.17) is 0 Å². The van der Waals surface area contributed by atoms with Crippen molar-refractivity contribution in [3.63, 3.8) is 0 Å². The monoisotopic (exact) mass is 996 g/mol. The molecule has 5 aliphatic heterocycles. The fourth-order valence-corrected chi connectivity index (χ4v) is 11.9. The van der Waals surface area contributed by atoms with Crippen LogP contribution in [0.4, 0.5) is 20.2 Å². The predicted octanol–water partition coefficient (Wildman–Crippen LogP) is 6.85. The number of aryl methyl sites for hydroxylation is 2. The summed E-state index contributed by atoms with van der Waals surface area (Å²) in [6.45, 7) is 9.73. The molecule has 10 rings (SSSR count). The van der Waals surface area contributed by atoms with E-state index >= 15 is 0 Å². The number of imide groups is 1. The molecule has 5 fully saturated rings. The molecular weight excluding hydrogens is 929 g/mol. The van der Waals surface area contributed by atoms with Crippen LogP contribution in [0.5, 0.6) is 0 Å². The van der Waals surface area contributed by atoms with E-state index in [9.17, 15) is 32.8 Å². The fraction of sp³-hybridized carbons (Fsp3) is 0.491. The smallest absolute Gasteiger partial charge is 0.329 e. The maximum Gasteiger partial charge on any atom is 0.329 e. The molecule has 3 N–H and O–H groups in total. The molecule has 16 heteroatoms. The number of carbonyl (C=O) groups is 4. The Morgan fingerprint density at radius 2 is 1.58 bits per heavy atom. The van der Waals surface area contributed by atoms with Crippen molar-refractivity contribution in [2.24, 2.45) is 24.8 Å². The summed E-state index contributed by atoms with van der Waals surface area (Å²) in [6.07, 6.45) is 6.13. The second-order valence-electron chi connectivity index (χ2n) is 21.2. The number of nitrogens with one attached hydrogen (secondary N) is 3. The van der Waals surface area contributed by atoms with Gasteiger partial charge in [-0.05, 0) is 136 Å². The zero-order chi connectivity index (χ0) is 51.1. The number of likely N-dealkylation sites (tertiary alicyclic amines) is 3. The van der Waals surface area contributed by atoms with E-state index in [1.54, 1.807) is 29.8 Å². The van der Waals surface area contributed by atoms with Crippen LogP contribution >= 0.6 is 0 Å². The molecule has 0 spiro atoms. The number of halogens is 2. The summed E-state index contributed by atoms with van der Waals surface area (Å²) in [7, 11) is 3.19. The van der Waals surface area contributed by atoms with Gasteiger partial charge in [0.15, 0.2) is 0 Å². The zero-order valence-electron chi connectivity index (χ0n) is 42.4. The summed E-state index contributed by atoms with van der Waals surface area (Å²) in [6, 6.07) is 21.3. The van der Waals surface area contributed by atoms with Crippen LogP contribution in [0.15, 0.2) is 77.6 Å². The van der Waals surface area contributed by atoms with E-state index in [0.717, 1.165) is 128 Å². The third-order valence-electron chi connectivity index (χ3n) is 16.5. The Bertz CT molecular complexity index is 3060. The molecule has 4 amide bonds. The molecule has 0 aliphatic carbocycles. The number of nitrogens with zero attached hydrogens (tertiary/aromatic N) is 6. The highest BCUT2D eigenvalue weighted by Crippen LogP contribution is 2.33. The lowest BCUT2D eigenvalue weighted by molar-refractivity contribution is -0.149. The summed E-state index contributed by atoms with van der Waals surface area (Å²) >= 11 is 0. The molecule has 14 nitrogen and oxygen atoms in total. The molecule has 0 saturated carbocycles. The second kappa shape index (κ2) is 20.7. The Morgan fingerprint density at radius 1 is 0.836 bits per heavy atom. The average molecular weight is 996 g/mol. The number of benzene rings is 4. The number of alkyl halides is 2. The van der Waals surface area contributed by atoms with Gasteiger partial charge in [0.2, 0.25) is 11.8 Å². The fourth-order valence-electron chi connectivity index (χ4n) is 11.9. The highest BCUT2D eigenvalue weighted by Gasteiger charge is 2.44. The number of likely N-dealkylation sites (N-methyl/N-ethyl adjacent to an activating group) is 1. The molecule has 1 unspecified atom stereocenters. The summed E-state index contributed by atoms with van der Waals surface area (Å²) in [4.78, 5) is 74.1. The van der Waals surface area contributed by atoms with E-state index < -0.39 is 18.0 Å². The van der Waals surface area contributed by atoms with Crippen LogP contribution in [0, 0.1) is 36.5 Å². The van der Waals surface area contributed by atoms with Gasteiger partial charge in [0, 0.05) is 94.1 Å². The van der Waals surface area contributed by atoms with E-state index in [-0.39, 0.29) is 60.8 Å². The van der Waals surface area contributed by atoms with Gasteiger partial charge in [-0.25, -0.2) is 13.6 Å². The highest BCUT2D eigenvalue weighted by molar-refractivity contribution is 6.00. The van der Waals surface area contributed by atoms with Crippen molar-refractivity contribution in [2.75, 3.05) is 76.2 Å². The molecule has 3 atom stereocenters. The summed E-state index contributed by atoms with van der Waals surface area (Å²) in [5.74, 6) is 4.53. The molecule has 5 aromatic rings. The van der Waals surface area contributed by atoms with Gasteiger partial charge in [-0.15, -0.1) is 0 Å². The number of fused-ring (bicyclic) bond motifs is 2. The Labute approximate surface area is 425 Å². The summed E-state index contributed by atoms with van der Waals surface area (Å²) < 4.78 is 31.7. The van der Waals surface area contributed by atoms with Gasteiger partial charge >= 0.3 is 5.69 Å². The van der Waals surface area contributed by atoms with Gasteiger partial charge in [-0.1, -0.05) is 48.2 Å². The van der Waals surface area contributed by atoms with Crippen LogP contribution in [0.1, 0.15) is 97.4 Å². The van der Waals surface area contributed by atoms with Crippen molar-refractivity contribution < 1.29 is 28.0 Å². The van der Waals surface area contributed by atoms with Crippen molar-refractivity contribution in [3.05, 3.63) is 106 Å². The van der Waals surface area contributed by atoms with Crippen molar-refractivity contribution in [3.8, 4) is 11.8 Å². The molecule has 1 aromatic heterocycles. The predicted molar refractivity (Wildman–Crippen MR) is 280 cm³/mol. The Hall–Kier alpha value is -6.57. The van der Waals surface area contributed by atoms with E-state index in [1.165, 1.54) is 11.6 Å². The number of hydrogen-bond acceptors (Lipinski definition) is 9. The number of rotatable bonds is 10. The van der Waals surface area contributed by atoms with Crippen molar-refractivity contribution in [1.29, 1.82) is 0 Å².